The molecule has 1 amide bonds. The molecule has 0 aliphatic heterocycles. The molecule has 4 nitrogen and oxygen atoms in total. The Kier molecular flexibility index (Phi) is 8.10. The molecule has 0 radical (unpaired) electrons. The van der Waals surface area contributed by atoms with Crippen LogP contribution in [-0.2, 0) is 9.53 Å². The highest BCUT2D eigenvalue weighted by molar-refractivity contribution is 5.97. The molecule has 0 aliphatic rings. The molecule has 0 saturated carbocycles. The van der Waals surface area contributed by atoms with E-state index in [1.807, 2.05) is 45.0 Å². The maximum Gasteiger partial charge on any atom is 0.256 e. The summed E-state index contributed by atoms with van der Waals surface area (Å²) in [6.45, 7) is 10.7. The third-order valence-corrected chi connectivity index (χ3v) is 3.86. The van der Waals surface area contributed by atoms with Crippen molar-refractivity contribution in [1.29, 1.82) is 0 Å². The van der Waals surface area contributed by atoms with Crippen LogP contribution in [0.1, 0.15) is 60.3 Å². The average molecular weight is 321 g/mol. The zero-order valence-corrected chi connectivity index (χ0v) is 15.1. The molecule has 1 rings (SSSR count). The van der Waals surface area contributed by atoms with E-state index < -0.39 is 5.60 Å². The number of rotatable bonds is 10. The summed E-state index contributed by atoms with van der Waals surface area (Å²) in [4.78, 5) is 12.6. The fraction of sp³-hybridized carbons (Fsp3) is 0.632. The first kappa shape index (κ1) is 19.5. The Hall–Kier alpha value is -1.55. The molecule has 0 heterocycles. The van der Waals surface area contributed by atoms with Crippen molar-refractivity contribution < 1.29 is 14.3 Å². The first-order chi connectivity index (χ1) is 10.9. The lowest BCUT2D eigenvalue weighted by Gasteiger charge is -2.28. The molecular weight excluding hydrogens is 290 g/mol. The molecule has 4 heteroatoms. The minimum atomic E-state index is -0.781. The van der Waals surface area contributed by atoms with Gasteiger partial charge in [-0.15, -0.1) is 0 Å². The van der Waals surface area contributed by atoms with Gasteiger partial charge in [-0.05, 0) is 57.4 Å². The second kappa shape index (κ2) is 9.56. The number of carbonyl (C=O) groups is 1. The number of benzene rings is 1. The van der Waals surface area contributed by atoms with Crippen molar-refractivity contribution >= 4 is 11.6 Å². The van der Waals surface area contributed by atoms with E-state index in [0.29, 0.717) is 13.0 Å². The number of hydrogen-bond donors (Lipinski definition) is 1. The molecule has 0 fully saturated rings. The molecule has 0 saturated heterocycles. The summed E-state index contributed by atoms with van der Waals surface area (Å²) in [5, 5.41) is 2.95. The number of nitrogens with one attached hydrogen (secondary N) is 1. The summed E-state index contributed by atoms with van der Waals surface area (Å²) in [6.07, 6.45) is 3.64. The van der Waals surface area contributed by atoms with Gasteiger partial charge in [-0.1, -0.05) is 27.2 Å². The van der Waals surface area contributed by atoms with Crippen LogP contribution in [0.3, 0.4) is 0 Å². The monoisotopic (exact) mass is 321 g/mol. The normalized spacial score (nSPS) is 14.8. The van der Waals surface area contributed by atoms with E-state index in [4.69, 9.17) is 9.47 Å². The molecule has 0 unspecified atom stereocenters. The molecule has 0 bridgehead atoms. The fourth-order valence-electron chi connectivity index (χ4n) is 2.25. The summed E-state index contributed by atoms with van der Waals surface area (Å²) in [5.41, 5.74) is -0.0228. The molecule has 1 aromatic rings. The van der Waals surface area contributed by atoms with Crippen molar-refractivity contribution in [2.75, 3.05) is 11.9 Å². The van der Waals surface area contributed by atoms with E-state index in [0.717, 1.165) is 30.7 Å². The van der Waals surface area contributed by atoms with Gasteiger partial charge < -0.3 is 14.8 Å². The summed E-state index contributed by atoms with van der Waals surface area (Å²) in [5.74, 6) is 0.722. The summed E-state index contributed by atoms with van der Waals surface area (Å²) >= 11 is 0. The maximum atomic E-state index is 12.6. The van der Waals surface area contributed by atoms with Gasteiger partial charge in [0, 0.05) is 12.3 Å². The van der Waals surface area contributed by atoms with E-state index in [1.54, 1.807) is 0 Å². The predicted octanol–water partition coefficient (Wildman–Crippen LogP) is 4.79. The summed E-state index contributed by atoms with van der Waals surface area (Å²) in [7, 11) is 0. The highest BCUT2D eigenvalue weighted by atomic mass is 16.5. The number of anilines is 1. The number of amides is 1. The Morgan fingerprint density at radius 3 is 2.35 bits per heavy atom. The Morgan fingerprint density at radius 2 is 1.83 bits per heavy atom. The largest absolute Gasteiger partial charge is 0.491 e. The van der Waals surface area contributed by atoms with Gasteiger partial charge in [0.2, 0.25) is 0 Å². The van der Waals surface area contributed by atoms with Crippen LogP contribution in [-0.4, -0.2) is 24.2 Å². The zero-order chi connectivity index (χ0) is 17.3. The van der Waals surface area contributed by atoms with Crippen LogP contribution in [0.5, 0.6) is 5.75 Å². The smallest absolute Gasteiger partial charge is 0.256 e. The van der Waals surface area contributed by atoms with Crippen LogP contribution in [0, 0.1) is 0 Å². The average Bonchev–Trinajstić information content (AvgIpc) is 2.54. The van der Waals surface area contributed by atoms with Gasteiger partial charge in [0.25, 0.3) is 5.91 Å². The van der Waals surface area contributed by atoms with Crippen LogP contribution in [0.4, 0.5) is 5.69 Å². The topological polar surface area (TPSA) is 47.6 Å². The highest BCUT2D eigenvalue weighted by Gasteiger charge is 2.33. The van der Waals surface area contributed by atoms with E-state index >= 15 is 0 Å². The molecule has 2 atom stereocenters. The van der Waals surface area contributed by atoms with Crippen molar-refractivity contribution in [1.82, 2.24) is 0 Å². The molecular formula is C19H31NO3. The van der Waals surface area contributed by atoms with Crippen LogP contribution in [0.25, 0.3) is 0 Å². The highest BCUT2D eigenvalue weighted by Crippen LogP contribution is 2.23. The number of carbonyl (C=O) groups excluding carboxylic acids is 1. The lowest BCUT2D eigenvalue weighted by Crippen LogP contribution is -2.43. The Bertz CT molecular complexity index is 472. The van der Waals surface area contributed by atoms with Crippen molar-refractivity contribution in [2.24, 2.45) is 0 Å². The fourth-order valence-corrected chi connectivity index (χ4v) is 2.25. The summed E-state index contributed by atoms with van der Waals surface area (Å²) < 4.78 is 11.6. The lowest BCUT2D eigenvalue weighted by molar-refractivity contribution is -0.140. The minimum Gasteiger partial charge on any atom is -0.491 e. The van der Waals surface area contributed by atoms with Crippen molar-refractivity contribution in [3.8, 4) is 5.75 Å². The SMILES string of the molecule is CCCO[C@](C)(CCC)C(=O)Nc1ccc(O[C@@H](C)CC)cc1. The van der Waals surface area contributed by atoms with Crippen LogP contribution >= 0.6 is 0 Å². The second-order valence-corrected chi connectivity index (χ2v) is 6.14. The standard InChI is InChI=1S/C19H31NO3/c1-6-13-19(5,22-14-7-2)18(21)20-16-9-11-17(12-10-16)23-15(4)8-3/h9-12,15H,6-8,13-14H2,1-5H3,(H,20,21)/t15-,19+/m0/s1. The molecule has 0 aromatic heterocycles. The van der Waals surface area contributed by atoms with Gasteiger partial charge in [-0.3, -0.25) is 4.79 Å². The van der Waals surface area contributed by atoms with E-state index in [-0.39, 0.29) is 12.0 Å². The third-order valence-electron chi connectivity index (χ3n) is 3.86. The van der Waals surface area contributed by atoms with Gasteiger partial charge >= 0.3 is 0 Å². The van der Waals surface area contributed by atoms with Crippen LogP contribution in [0.15, 0.2) is 24.3 Å². The molecule has 130 valence electrons. The Labute approximate surface area is 140 Å². The van der Waals surface area contributed by atoms with E-state index in [2.05, 4.69) is 19.2 Å². The van der Waals surface area contributed by atoms with Crippen molar-refractivity contribution in [2.45, 2.75) is 72.0 Å². The molecule has 1 aromatic carbocycles. The van der Waals surface area contributed by atoms with E-state index in [9.17, 15) is 4.79 Å². The minimum absolute atomic E-state index is 0.0941. The maximum absolute atomic E-state index is 12.6. The molecule has 1 N–H and O–H groups in total. The first-order valence-corrected chi connectivity index (χ1v) is 8.67. The molecule has 23 heavy (non-hydrogen) atoms. The second-order valence-electron chi connectivity index (χ2n) is 6.14. The number of hydrogen-bond acceptors (Lipinski definition) is 3. The quantitative estimate of drug-likeness (QED) is 0.674. The van der Waals surface area contributed by atoms with E-state index in [1.165, 1.54) is 0 Å². The van der Waals surface area contributed by atoms with Crippen molar-refractivity contribution in [3.05, 3.63) is 24.3 Å². The van der Waals surface area contributed by atoms with Gasteiger partial charge in [-0.2, -0.15) is 0 Å². The first-order valence-electron chi connectivity index (χ1n) is 8.67. The predicted molar refractivity (Wildman–Crippen MR) is 95.0 cm³/mol. The number of ether oxygens (including phenoxy) is 2. The zero-order valence-electron chi connectivity index (χ0n) is 15.1. The third kappa shape index (κ3) is 6.22. The molecule has 0 aliphatic carbocycles. The van der Waals surface area contributed by atoms with Gasteiger partial charge in [0.15, 0.2) is 0 Å². The molecule has 0 spiro atoms. The van der Waals surface area contributed by atoms with Crippen molar-refractivity contribution in [3.63, 3.8) is 0 Å². The van der Waals surface area contributed by atoms with Gasteiger partial charge in [0.1, 0.15) is 11.4 Å². The Morgan fingerprint density at radius 1 is 1.17 bits per heavy atom. The Balaban J connectivity index is 2.70. The van der Waals surface area contributed by atoms with Gasteiger partial charge in [-0.25, -0.2) is 0 Å². The summed E-state index contributed by atoms with van der Waals surface area (Å²) in [6, 6.07) is 7.49. The van der Waals surface area contributed by atoms with Crippen LogP contribution < -0.4 is 10.1 Å². The lowest BCUT2D eigenvalue weighted by atomic mass is 9.99. The van der Waals surface area contributed by atoms with Crippen LogP contribution in [0.2, 0.25) is 0 Å². The van der Waals surface area contributed by atoms with Gasteiger partial charge in [0.05, 0.1) is 6.10 Å².